The predicted molar refractivity (Wildman–Crippen MR) is 141 cm³/mol. The maximum Gasteiger partial charge on any atom is 0.221 e. The minimum atomic E-state index is -0.165. The Kier molecular flexibility index (Phi) is 4.66. The minimum absolute atomic E-state index is 0.0431. The third-order valence-corrected chi connectivity index (χ3v) is 8.88. The number of nitrogens with one attached hydrogen (secondary N) is 1. The molecule has 1 amide bonds. The summed E-state index contributed by atoms with van der Waals surface area (Å²) in [6, 6.07) is 7.57. The molecule has 6 nitrogen and oxygen atoms in total. The van der Waals surface area contributed by atoms with E-state index in [0.29, 0.717) is 23.0 Å². The third kappa shape index (κ3) is 3.15. The summed E-state index contributed by atoms with van der Waals surface area (Å²) in [6.45, 7) is 13.3. The van der Waals surface area contributed by atoms with E-state index in [1.54, 1.807) is 6.07 Å². The van der Waals surface area contributed by atoms with E-state index in [2.05, 4.69) is 55.6 Å². The van der Waals surface area contributed by atoms with Crippen molar-refractivity contribution in [2.45, 2.75) is 53.5 Å². The highest BCUT2D eigenvalue weighted by molar-refractivity contribution is 6.08. The van der Waals surface area contributed by atoms with Crippen molar-refractivity contribution in [3.63, 3.8) is 0 Å². The van der Waals surface area contributed by atoms with Crippen LogP contribution in [0.2, 0.25) is 0 Å². The molecule has 3 heterocycles. The van der Waals surface area contributed by atoms with Crippen molar-refractivity contribution in [3.8, 4) is 11.4 Å². The number of rotatable bonds is 1. The summed E-state index contributed by atoms with van der Waals surface area (Å²) in [6.07, 6.45) is 4.68. The van der Waals surface area contributed by atoms with Crippen LogP contribution in [0.25, 0.3) is 33.8 Å². The second kappa shape index (κ2) is 7.26. The molecule has 2 saturated heterocycles. The van der Waals surface area contributed by atoms with Crippen molar-refractivity contribution in [2.24, 2.45) is 23.8 Å². The first kappa shape index (κ1) is 22.5. The fourth-order valence-electron chi connectivity index (χ4n) is 6.88. The number of carbonyl (C=O) groups excluding carboxylic acids is 1. The van der Waals surface area contributed by atoms with Gasteiger partial charge in [-0.2, -0.15) is 0 Å². The van der Waals surface area contributed by atoms with Gasteiger partial charge in [-0.3, -0.25) is 14.5 Å². The summed E-state index contributed by atoms with van der Waals surface area (Å²) in [7, 11) is 2.07. The van der Waals surface area contributed by atoms with Crippen molar-refractivity contribution in [1.82, 2.24) is 14.5 Å². The number of aromatic nitrogens is 2. The average Bonchev–Trinajstić information content (AvgIpc) is 2.78. The van der Waals surface area contributed by atoms with Gasteiger partial charge in [0, 0.05) is 42.8 Å². The second-order valence-corrected chi connectivity index (χ2v) is 12.0. The van der Waals surface area contributed by atoms with Crippen LogP contribution in [0, 0.1) is 16.7 Å². The van der Waals surface area contributed by atoms with Crippen molar-refractivity contribution < 1.29 is 4.79 Å². The first-order valence-corrected chi connectivity index (χ1v) is 12.7. The molecule has 182 valence electrons. The van der Waals surface area contributed by atoms with Crippen LogP contribution in [0.1, 0.15) is 47.5 Å². The molecule has 0 bridgehead atoms. The van der Waals surface area contributed by atoms with Gasteiger partial charge in [0.25, 0.3) is 0 Å². The molecule has 3 aliphatic heterocycles. The molecular formula is C29H34N4O2. The summed E-state index contributed by atoms with van der Waals surface area (Å²) in [5.74, 6) is 0.213. The van der Waals surface area contributed by atoms with Gasteiger partial charge in [-0.25, -0.2) is 4.98 Å². The third-order valence-electron chi connectivity index (χ3n) is 8.88. The molecule has 6 heteroatoms. The molecule has 35 heavy (non-hydrogen) atoms. The minimum Gasteiger partial charge on any atom is -0.341 e. The lowest BCUT2D eigenvalue weighted by Crippen LogP contribution is -2.63. The molecule has 2 unspecified atom stereocenters. The zero-order valence-corrected chi connectivity index (χ0v) is 21.5. The van der Waals surface area contributed by atoms with E-state index in [0.717, 1.165) is 47.0 Å². The molecule has 1 aromatic carbocycles. The fourth-order valence-corrected chi connectivity index (χ4v) is 6.88. The second-order valence-electron chi connectivity index (χ2n) is 12.0. The quantitative estimate of drug-likeness (QED) is 0.555. The van der Waals surface area contributed by atoms with Crippen LogP contribution in [0.15, 0.2) is 29.1 Å². The van der Waals surface area contributed by atoms with E-state index in [1.807, 2.05) is 18.2 Å². The largest absolute Gasteiger partial charge is 0.341 e. The number of hydrogen-bond donors (Lipinski definition) is 1. The Morgan fingerprint density at radius 3 is 2.63 bits per heavy atom. The number of anilines is 1. The summed E-state index contributed by atoms with van der Waals surface area (Å²) in [4.78, 5) is 33.1. The van der Waals surface area contributed by atoms with Crippen molar-refractivity contribution in [3.05, 3.63) is 45.2 Å². The lowest BCUT2D eigenvalue weighted by molar-refractivity contribution is -0.114. The predicted octanol–water partition coefficient (Wildman–Crippen LogP) is 3.09. The molecule has 2 atom stereocenters. The Bertz CT molecular complexity index is 1560. The Labute approximate surface area is 205 Å². The zero-order chi connectivity index (χ0) is 24.9. The Morgan fingerprint density at radius 1 is 1.14 bits per heavy atom. The molecule has 0 aromatic heterocycles. The maximum absolute atomic E-state index is 13.2. The Balaban J connectivity index is 1.80. The highest BCUT2D eigenvalue weighted by atomic mass is 16.1. The summed E-state index contributed by atoms with van der Waals surface area (Å²) >= 11 is 0. The normalized spacial score (nSPS) is 24.6. The lowest BCUT2D eigenvalue weighted by Gasteiger charge is -2.56. The van der Waals surface area contributed by atoms with Crippen molar-refractivity contribution in [2.75, 3.05) is 18.4 Å². The van der Waals surface area contributed by atoms with Gasteiger partial charge in [0.15, 0.2) is 5.43 Å². The maximum atomic E-state index is 13.2. The first-order chi connectivity index (χ1) is 16.5. The van der Waals surface area contributed by atoms with Crippen LogP contribution in [0.4, 0.5) is 5.69 Å². The molecule has 1 N–H and O–H groups in total. The smallest absolute Gasteiger partial charge is 0.221 e. The van der Waals surface area contributed by atoms with E-state index < -0.39 is 0 Å². The van der Waals surface area contributed by atoms with Crippen LogP contribution < -0.4 is 21.4 Å². The number of hydrogen-bond acceptors (Lipinski definition) is 4. The summed E-state index contributed by atoms with van der Waals surface area (Å²) in [5, 5.41) is 6.38. The Hall–Kier alpha value is -2.99. The van der Waals surface area contributed by atoms with Gasteiger partial charge in [0.1, 0.15) is 0 Å². The number of nitrogens with zero attached hydrogens (tertiary/aromatic N) is 3. The number of benzene rings is 2. The number of carbonyl (C=O) groups is 1. The summed E-state index contributed by atoms with van der Waals surface area (Å²) < 4.78 is 2.19. The molecule has 6 rings (SSSR count). The molecule has 5 aliphatic rings. The lowest BCUT2D eigenvalue weighted by atomic mass is 9.60. The van der Waals surface area contributed by atoms with Crippen molar-refractivity contribution >= 4 is 34.0 Å². The SMILES string of the molecule is CC(=O)Nc1cccc2c(=O)cc3n(C)c4c(nc-3c12)=CC1C2C=4C(C)(C)CCN2CCC1(C)C. The van der Waals surface area contributed by atoms with Gasteiger partial charge >= 0.3 is 0 Å². The zero-order valence-electron chi connectivity index (χ0n) is 21.5. The van der Waals surface area contributed by atoms with E-state index >= 15 is 0 Å². The molecule has 0 saturated carbocycles. The first-order valence-electron chi connectivity index (χ1n) is 12.7. The number of piperidine rings is 2. The van der Waals surface area contributed by atoms with Gasteiger partial charge in [-0.1, -0.05) is 45.9 Å². The monoisotopic (exact) mass is 470 g/mol. The van der Waals surface area contributed by atoms with Crippen LogP contribution in [0.3, 0.4) is 0 Å². The number of amides is 1. The highest BCUT2D eigenvalue weighted by Gasteiger charge is 2.50. The topological polar surface area (TPSA) is 67.2 Å². The van der Waals surface area contributed by atoms with Crippen LogP contribution in [-0.4, -0.2) is 39.5 Å². The van der Waals surface area contributed by atoms with Gasteiger partial charge in [0.05, 0.1) is 27.8 Å². The van der Waals surface area contributed by atoms with Gasteiger partial charge in [-0.15, -0.1) is 0 Å². The molecule has 2 fully saturated rings. The van der Waals surface area contributed by atoms with Crippen LogP contribution >= 0.6 is 0 Å². The van der Waals surface area contributed by atoms with E-state index in [9.17, 15) is 9.59 Å². The number of fused-ring (bicyclic) bond motifs is 4. The molecule has 2 aliphatic carbocycles. The highest BCUT2D eigenvalue weighted by Crippen LogP contribution is 2.51. The average molecular weight is 471 g/mol. The molecule has 0 radical (unpaired) electrons. The van der Waals surface area contributed by atoms with Crippen molar-refractivity contribution in [1.29, 1.82) is 0 Å². The fraction of sp³-hybridized carbons (Fsp3) is 0.483. The van der Waals surface area contributed by atoms with E-state index in [-0.39, 0.29) is 22.2 Å². The van der Waals surface area contributed by atoms with Gasteiger partial charge in [0.2, 0.25) is 5.91 Å². The Morgan fingerprint density at radius 2 is 1.89 bits per heavy atom. The molecule has 0 spiro atoms. The van der Waals surface area contributed by atoms with E-state index in [1.165, 1.54) is 18.9 Å². The van der Waals surface area contributed by atoms with Crippen LogP contribution in [-0.2, 0) is 11.8 Å². The van der Waals surface area contributed by atoms with E-state index in [4.69, 9.17) is 4.98 Å². The summed E-state index contributed by atoms with van der Waals surface area (Å²) in [5.41, 5.74) is 3.83. The molecular weight excluding hydrogens is 436 g/mol. The van der Waals surface area contributed by atoms with Gasteiger partial charge in [-0.05, 0) is 48.4 Å². The van der Waals surface area contributed by atoms with Crippen LogP contribution in [0.5, 0.6) is 0 Å². The van der Waals surface area contributed by atoms with Gasteiger partial charge < -0.3 is 9.88 Å². The standard InChI is InChI=1S/C29H34N4O2/c1-16(34)30-19-9-7-8-17-22(35)15-21-25(23(17)19)31-20-14-18-26-24(27(20)32(21)6)29(4,5)11-13-33(26)12-10-28(18,2)3/h7-9,14-15,18,26H,10-13H2,1-6H3,(H,30,34). The molecule has 1 aromatic rings.